The van der Waals surface area contributed by atoms with Crippen LogP contribution in [0.1, 0.15) is 25.7 Å². The van der Waals surface area contributed by atoms with Crippen molar-refractivity contribution in [3.63, 3.8) is 0 Å². The summed E-state index contributed by atoms with van der Waals surface area (Å²) in [6.45, 7) is 0.569. The third-order valence-corrected chi connectivity index (χ3v) is 1.41. The molecule has 0 radical (unpaired) electrons. The molecule has 3 heteroatoms. The van der Waals surface area contributed by atoms with Gasteiger partial charge in [-0.3, -0.25) is 4.79 Å². The van der Waals surface area contributed by atoms with Crippen LogP contribution in [0.3, 0.4) is 0 Å². The molecule has 0 aromatic rings. The molecule has 1 saturated carbocycles. The van der Waals surface area contributed by atoms with Crippen LogP contribution in [0.2, 0.25) is 0 Å². The zero-order chi connectivity index (χ0) is 7.40. The Morgan fingerprint density at radius 3 is 2.80 bits per heavy atom. The van der Waals surface area contributed by atoms with Gasteiger partial charge in [0.1, 0.15) is 6.10 Å². The molecule has 0 aromatic heterocycles. The highest BCUT2D eigenvalue weighted by Gasteiger charge is 2.25. The van der Waals surface area contributed by atoms with Crippen molar-refractivity contribution in [2.24, 2.45) is 5.73 Å². The van der Waals surface area contributed by atoms with Crippen molar-refractivity contribution in [2.75, 3.05) is 6.54 Å². The molecule has 10 heavy (non-hydrogen) atoms. The van der Waals surface area contributed by atoms with Gasteiger partial charge in [0.15, 0.2) is 0 Å². The van der Waals surface area contributed by atoms with E-state index in [0.717, 1.165) is 19.3 Å². The number of carbonyl (C=O) groups excluding carboxylic acids is 1. The maximum Gasteiger partial charge on any atom is 0.306 e. The molecule has 2 N–H and O–H groups in total. The third kappa shape index (κ3) is 2.82. The van der Waals surface area contributed by atoms with E-state index in [1.54, 1.807) is 0 Å². The molecule has 1 aliphatic rings. The first kappa shape index (κ1) is 7.54. The molecular weight excluding hydrogens is 130 g/mol. The van der Waals surface area contributed by atoms with E-state index in [1.807, 2.05) is 0 Å². The Morgan fingerprint density at radius 1 is 1.60 bits per heavy atom. The first-order valence-corrected chi connectivity index (χ1v) is 3.72. The second kappa shape index (κ2) is 3.56. The van der Waals surface area contributed by atoms with Crippen molar-refractivity contribution in [3.05, 3.63) is 0 Å². The Labute approximate surface area is 60.5 Å². The van der Waals surface area contributed by atoms with Crippen LogP contribution >= 0.6 is 0 Å². The van der Waals surface area contributed by atoms with Gasteiger partial charge in [0.05, 0.1) is 0 Å². The van der Waals surface area contributed by atoms with Gasteiger partial charge in [-0.2, -0.15) is 0 Å². The second-order valence-corrected chi connectivity index (χ2v) is 2.58. The van der Waals surface area contributed by atoms with Gasteiger partial charge in [0.25, 0.3) is 0 Å². The summed E-state index contributed by atoms with van der Waals surface area (Å²) in [5.74, 6) is -0.0899. The summed E-state index contributed by atoms with van der Waals surface area (Å²) in [6, 6.07) is 0. The van der Waals surface area contributed by atoms with E-state index in [9.17, 15) is 4.79 Å². The molecule has 0 spiro atoms. The van der Waals surface area contributed by atoms with Gasteiger partial charge in [-0.15, -0.1) is 0 Å². The lowest BCUT2D eigenvalue weighted by molar-refractivity contribution is -0.144. The third-order valence-electron chi connectivity index (χ3n) is 1.41. The van der Waals surface area contributed by atoms with Crippen LogP contribution in [0, 0.1) is 0 Å². The molecule has 0 saturated heterocycles. The van der Waals surface area contributed by atoms with Gasteiger partial charge in [-0.05, 0) is 25.8 Å². The van der Waals surface area contributed by atoms with Crippen LogP contribution < -0.4 is 5.73 Å². The van der Waals surface area contributed by atoms with E-state index < -0.39 is 0 Å². The molecule has 0 unspecified atom stereocenters. The van der Waals surface area contributed by atoms with Crippen LogP contribution in [0.4, 0.5) is 0 Å². The Morgan fingerprint density at radius 2 is 2.30 bits per heavy atom. The molecule has 0 aromatic carbocycles. The van der Waals surface area contributed by atoms with E-state index in [2.05, 4.69) is 0 Å². The van der Waals surface area contributed by atoms with Gasteiger partial charge >= 0.3 is 5.97 Å². The second-order valence-electron chi connectivity index (χ2n) is 2.58. The quantitative estimate of drug-likeness (QED) is 0.581. The highest BCUT2D eigenvalue weighted by atomic mass is 16.5. The van der Waals surface area contributed by atoms with E-state index in [4.69, 9.17) is 10.5 Å². The van der Waals surface area contributed by atoms with Crippen molar-refractivity contribution in [1.82, 2.24) is 0 Å². The summed E-state index contributed by atoms with van der Waals surface area (Å²) in [7, 11) is 0. The summed E-state index contributed by atoms with van der Waals surface area (Å²) < 4.78 is 4.97. The molecular formula is C7H13NO2. The standard InChI is InChI=1S/C7H13NO2/c8-5-1-2-7(9)10-6-3-4-6/h6H,1-5,8H2. The zero-order valence-electron chi connectivity index (χ0n) is 6.01. The largest absolute Gasteiger partial charge is 0.462 e. The highest BCUT2D eigenvalue weighted by Crippen LogP contribution is 2.23. The minimum atomic E-state index is -0.0899. The average Bonchev–Trinajstić information content (AvgIpc) is 2.67. The number of hydrogen-bond acceptors (Lipinski definition) is 3. The fraction of sp³-hybridized carbons (Fsp3) is 0.857. The average molecular weight is 143 g/mol. The molecule has 58 valence electrons. The van der Waals surface area contributed by atoms with Crippen molar-refractivity contribution >= 4 is 5.97 Å². The van der Waals surface area contributed by atoms with Crippen LogP contribution in [-0.2, 0) is 9.53 Å². The number of esters is 1. The lowest BCUT2D eigenvalue weighted by Crippen LogP contribution is -2.08. The summed E-state index contributed by atoms with van der Waals surface area (Å²) in [5, 5.41) is 0. The smallest absolute Gasteiger partial charge is 0.306 e. The van der Waals surface area contributed by atoms with Gasteiger partial charge in [0, 0.05) is 6.42 Å². The van der Waals surface area contributed by atoms with Crippen LogP contribution in [0.15, 0.2) is 0 Å². The molecule has 3 nitrogen and oxygen atoms in total. The maximum absolute atomic E-state index is 10.8. The minimum absolute atomic E-state index is 0.0899. The van der Waals surface area contributed by atoms with Gasteiger partial charge in [0.2, 0.25) is 0 Å². The van der Waals surface area contributed by atoms with E-state index in [0.29, 0.717) is 13.0 Å². The molecule has 0 heterocycles. The first-order chi connectivity index (χ1) is 4.83. The fourth-order valence-corrected chi connectivity index (χ4v) is 0.677. The number of nitrogens with two attached hydrogens (primary N) is 1. The fourth-order valence-electron chi connectivity index (χ4n) is 0.677. The molecule has 1 rings (SSSR count). The molecule has 0 bridgehead atoms. The summed E-state index contributed by atoms with van der Waals surface area (Å²) in [5.41, 5.74) is 5.22. The lowest BCUT2D eigenvalue weighted by Gasteiger charge is -1.99. The summed E-state index contributed by atoms with van der Waals surface area (Å²) in [6.07, 6.45) is 3.56. The number of hydrogen-bond donors (Lipinski definition) is 1. The minimum Gasteiger partial charge on any atom is -0.462 e. The van der Waals surface area contributed by atoms with Crippen LogP contribution in [-0.4, -0.2) is 18.6 Å². The van der Waals surface area contributed by atoms with Crippen molar-refractivity contribution < 1.29 is 9.53 Å². The zero-order valence-corrected chi connectivity index (χ0v) is 6.01. The van der Waals surface area contributed by atoms with Crippen LogP contribution in [0.25, 0.3) is 0 Å². The van der Waals surface area contributed by atoms with Gasteiger partial charge in [-0.25, -0.2) is 0 Å². The van der Waals surface area contributed by atoms with Crippen molar-refractivity contribution in [3.8, 4) is 0 Å². The SMILES string of the molecule is NCCCC(=O)OC1CC1. The Kier molecular flexibility index (Phi) is 2.68. The number of rotatable bonds is 4. The lowest BCUT2D eigenvalue weighted by atomic mass is 10.3. The Hall–Kier alpha value is -0.570. The predicted molar refractivity (Wildman–Crippen MR) is 37.4 cm³/mol. The van der Waals surface area contributed by atoms with Crippen molar-refractivity contribution in [1.29, 1.82) is 0 Å². The molecule has 1 aliphatic carbocycles. The summed E-state index contributed by atoms with van der Waals surface area (Å²) >= 11 is 0. The van der Waals surface area contributed by atoms with Crippen LogP contribution in [0.5, 0.6) is 0 Å². The van der Waals surface area contributed by atoms with Gasteiger partial charge in [-0.1, -0.05) is 0 Å². The van der Waals surface area contributed by atoms with E-state index in [1.165, 1.54) is 0 Å². The highest BCUT2D eigenvalue weighted by molar-refractivity contribution is 5.69. The topological polar surface area (TPSA) is 52.3 Å². The first-order valence-electron chi connectivity index (χ1n) is 3.72. The molecule has 0 atom stereocenters. The molecule has 0 amide bonds. The summed E-state index contributed by atoms with van der Waals surface area (Å²) in [4.78, 5) is 10.8. The van der Waals surface area contributed by atoms with E-state index >= 15 is 0 Å². The molecule has 0 aliphatic heterocycles. The monoisotopic (exact) mass is 143 g/mol. The maximum atomic E-state index is 10.8. The Balaban J connectivity index is 1.97. The predicted octanol–water partition coefficient (Wildman–Crippen LogP) is 0.431. The molecule has 1 fully saturated rings. The van der Waals surface area contributed by atoms with Gasteiger partial charge < -0.3 is 10.5 Å². The Bertz CT molecular complexity index is 121. The normalized spacial score (nSPS) is 16.9. The van der Waals surface area contributed by atoms with Crippen molar-refractivity contribution in [2.45, 2.75) is 31.8 Å². The number of ether oxygens (including phenoxy) is 1. The van der Waals surface area contributed by atoms with E-state index in [-0.39, 0.29) is 12.1 Å². The number of carbonyl (C=O) groups is 1.